The van der Waals surface area contributed by atoms with Crippen LogP contribution in [0, 0.1) is 28.6 Å². The van der Waals surface area contributed by atoms with Crippen molar-refractivity contribution in [2.75, 3.05) is 0 Å². The van der Waals surface area contributed by atoms with E-state index >= 15 is 0 Å². The van der Waals surface area contributed by atoms with Gasteiger partial charge in [0.15, 0.2) is 11.6 Å². The Bertz CT molecular complexity index is 552. The number of hydrogen-bond acceptors (Lipinski definition) is 2. The Morgan fingerprint density at radius 1 is 1.09 bits per heavy atom. The smallest absolute Gasteiger partial charge is 0.167 e. The van der Waals surface area contributed by atoms with Crippen molar-refractivity contribution in [2.24, 2.45) is 28.6 Å². The van der Waals surface area contributed by atoms with E-state index in [1.165, 1.54) is 24.8 Å². The van der Waals surface area contributed by atoms with Gasteiger partial charge in [0.1, 0.15) is 0 Å². The van der Waals surface area contributed by atoms with E-state index in [4.69, 9.17) is 0 Å². The largest absolute Gasteiger partial charge is 0.298 e. The molecule has 0 aliphatic heterocycles. The highest BCUT2D eigenvalue weighted by atomic mass is 16.2. The van der Waals surface area contributed by atoms with Gasteiger partial charge in [-0.3, -0.25) is 9.59 Å². The second kappa shape index (κ2) is 5.04. The molecule has 2 fully saturated rings. The Hall–Kier alpha value is -0.920. The Kier molecular flexibility index (Phi) is 3.66. The van der Waals surface area contributed by atoms with E-state index in [0.717, 1.165) is 18.4 Å². The van der Waals surface area contributed by atoms with Crippen LogP contribution in [0.4, 0.5) is 0 Å². The van der Waals surface area contributed by atoms with Gasteiger partial charge in [-0.05, 0) is 42.9 Å². The molecule has 122 valence electrons. The third-order valence-corrected chi connectivity index (χ3v) is 7.22. The van der Waals surface area contributed by atoms with Crippen molar-refractivity contribution in [2.45, 2.75) is 73.1 Å². The van der Waals surface area contributed by atoms with Crippen molar-refractivity contribution < 1.29 is 9.59 Å². The summed E-state index contributed by atoms with van der Waals surface area (Å²) in [5.74, 6) is 1.87. The molecule has 0 aromatic carbocycles. The molecule has 3 aliphatic carbocycles. The first kappa shape index (κ1) is 16.0. The zero-order chi connectivity index (χ0) is 16.3. The summed E-state index contributed by atoms with van der Waals surface area (Å²) >= 11 is 0. The predicted molar refractivity (Wildman–Crippen MR) is 88.4 cm³/mol. The Morgan fingerprint density at radius 2 is 1.73 bits per heavy atom. The van der Waals surface area contributed by atoms with Crippen molar-refractivity contribution in [1.82, 2.24) is 0 Å². The molecular weight excluding hydrogens is 272 g/mol. The van der Waals surface area contributed by atoms with Gasteiger partial charge in [-0.25, -0.2) is 0 Å². The van der Waals surface area contributed by atoms with Gasteiger partial charge in [0.05, 0.1) is 11.8 Å². The van der Waals surface area contributed by atoms with Gasteiger partial charge in [-0.15, -0.1) is 0 Å². The number of fused-ring (bicyclic) bond motifs is 1. The van der Waals surface area contributed by atoms with Crippen molar-refractivity contribution in [3.63, 3.8) is 0 Å². The summed E-state index contributed by atoms with van der Waals surface area (Å²) < 4.78 is 0. The lowest BCUT2D eigenvalue weighted by atomic mass is 9.57. The van der Waals surface area contributed by atoms with Crippen molar-refractivity contribution in [3.05, 3.63) is 11.1 Å². The Labute approximate surface area is 134 Å². The average molecular weight is 302 g/mol. The number of hydrogen-bond donors (Lipinski definition) is 0. The second-order valence-electron chi connectivity index (χ2n) is 8.75. The average Bonchev–Trinajstić information content (AvgIpc) is 2.78. The number of carbonyl (C=O) groups is 2. The minimum absolute atomic E-state index is 0.104. The Morgan fingerprint density at radius 3 is 2.36 bits per heavy atom. The molecule has 2 bridgehead atoms. The molecule has 0 aromatic rings. The van der Waals surface area contributed by atoms with Gasteiger partial charge in [-0.2, -0.15) is 0 Å². The lowest BCUT2D eigenvalue weighted by Crippen LogP contribution is -2.44. The summed E-state index contributed by atoms with van der Waals surface area (Å²) in [4.78, 5) is 25.7. The van der Waals surface area contributed by atoms with Gasteiger partial charge < -0.3 is 0 Å². The van der Waals surface area contributed by atoms with Crippen LogP contribution in [0.3, 0.4) is 0 Å². The lowest BCUT2D eigenvalue weighted by molar-refractivity contribution is -0.132. The molecule has 3 rings (SSSR count). The number of allylic oxidation sites excluding steroid dienone is 2. The van der Waals surface area contributed by atoms with Crippen LogP contribution in [0.5, 0.6) is 0 Å². The molecule has 3 atom stereocenters. The van der Waals surface area contributed by atoms with Gasteiger partial charge in [0, 0.05) is 5.57 Å². The first-order chi connectivity index (χ1) is 10.2. The predicted octanol–water partition coefficient (Wildman–Crippen LogP) is 4.72. The third-order valence-electron chi connectivity index (χ3n) is 7.22. The normalized spacial score (nSPS) is 38.1. The number of carbonyl (C=O) groups excluding carboxylic acids is 2. The molecular formula is C20H30O2. The summed E-state index contributed by atoms with van der Waals surface area (Å²) in [5.41, 5.74) is 1.58. The lowest BCUT2D eigenvalue weighted by Gasteiger charge is -2.44. The van der Waals surface area contributed by atoms with Crippen LogP contribution in [0.15, 0.2) is 11.1 Å². The van der Waals surface area contributed by atoms with E-state index in [0.29, 0.717) is 17.8 Å². The highest BCUT2D eigenvalue weighted by Crippen LogP contribution is 2.67. The molecule has 0 amide bonds. The number of ketones is 2. The summed E-state index contributed by atoms with van der Waals surface area (Å²) in [6, 6.07) is 0. The van der Waals surface area contributed by atoms with Crippen LogP contribution in [0.1, 0.15) is 73.1 Å². The topological polar surface area (TPSA) is 34.1 Å². The highest BCUT2D eigenvalue weighted by molar-refractivity contribution is 6.21. The van der Waals surface area contributed by atoms with Crippen LogP contribution in [-0.2, 0) is 9.59 Å². The van der Waals surface area contributed by atoms with Crippen LogP contribution < -0.4 is 0 Å². The molecule has 2 saturated carbocycles. The van der Waals surface area contributed by atoms with Crippen molar-refractivity contribution >= 4 is 11.6 Å². The van der Waals surface area contributed by atoms with Crippen molar-refractivity contribution in [1.29, 1.82) is 0 Å². The summed E-state index contributed by atoms with van der Waals surface area (Å²) in [5, 5.41) is 0. The molecule has 2 heteroatoms. The number of Topliss-reactive ketones (excluding diaryl/α,β-unsaturated/α-hetero) is 2. The molecule has 3 unspecified atom stereocenters. The minimum Gasteiger partial charge on any atom is -0.298 e. The molecule has 2 nitrogen and oxygen atoms in total. The minimum atomic E-state index is -0.488. The van der Waals surface area contributed by atoms with Gasteiger partial charge in [-0.1, -0.05) is 52.5 Å². The zero-order valence-corrected chi connectivity index (χ0v) is 14.8. The van der Waals surface area contributed by atoms with E-state index < -0.39 is 5.41 Å². The molecule has 0 heterocycles. The fourth-order valence-electron chi connectivity index (χ4n) is 5.89. The SMILES string of the molecule is CC1=C2C(=O)CC(=O)C23CC(C(C)C)CCCCC1C3(C)C. The molecule has 22 heavy (non-hydrogen) atoms. The van der Waals surface area contributed by atoms with E-state index in [1.54, 1.807) is 0 Å². The highest BCUT2D eigenvalue weighted by Gasteiger charge is 2.66. The maximum Gasteiger partial charge on any atom is 0.167 e. The summed E-state index contributed by atoms with van der Waals surface area (Å²) in [6.07, 6.45) is 5.86. The maximum absolute atomic E-state index is 13.1. The zero-order valence-electron chi connectivity index (χ0n) is 14.8. The molecule has 1 spiro atoms. The second-order valence-corrected chi connectivity index (χ2v) is 8.75. The molecule has 0 aromatic heterocycles. The van der Waals surface area contributed by atoms with E-state index in [2.05, 4.69) is 34.6 Å². The van der Waals surface area contributed by atoms with Crippen LogP contribution in [-0.4, -0.2) is 11.6 Å². The van der Waals surface area contributed by atoms with E-state index in [1.807, 2.05) is 0 Å². The van der Waals surface area contributed by atoms with Crippen molar-refractivity contribution in [3.8, 4) is 0 Å². The first-order valence-corrected chi connectivity index (χ1v) is 9.01. The monoisotopic (exact) mass is 302 g/mol. The van der Waals surface area contributed by atoms with Gasteiger partial charge in [0.2, 0.25) is 0 Å². The summed E-state index contributed by atoms with van der Waals surface area (Å²) in [7, 11) is 0. The molecule has 0 radical (unpaired) electrons. The first-order valence-electron chi connectivity index (χ1n) is 9.01. The van der Waals surface area contributed by atoms with Gasteiger partial charge >= 0.3 is 0 Å². The van der Waals surface area contributed by atoms with Crippen LogP contribution in [0.25, 0.3) is 0 Å². The van der Waals surface area contributed by atoms with Gasteiger partial charge in [0.25, 0.3) is 0 Å². The van der Waals surface area contributed by atoms with E-state index in [9.17, 15) is 9.59 Å². The third kappa shape index (κ3) is 1.85. The number of rotatable bonds is 1. The standard InChI is InChI=1S/C20H30O2/c1-12(2)14-8-6-7-9-15-13(3)18-16(21)10-17(22)20(18,11-14)19(15,4)5/h12,14-15H,6-11H2,1-5H3. The summed E-state index contributed by atoms with van der Waals surface area (Å²) in [6.45, 7) is 11.2. The Balaban J connectivity index is 2.20. The fraction of sp³-hybridized carbons (Fsp3) is 0.800. The van der Waals surface area contributed by atoms with E-state index in [-0.39, 0.29) is 23.4 Å². The molecule has 0 N–H and O–H groups in total. The van der Waals surface area contributed by atoms with Crippen LogP contribution in [0.2, 0.25) is 0 Å². The fourth-order valence-corrected chi connectivity index (χ4v) is 5.89. The van der Waals surface area contributed by atoms with Crippen LogP contribution >= 0.6 is 0 Å². The molecule has 0 saturated heterocycles. The maximum atomic E-state index is 13.1. The molecule has 3 aliphatic rings. The quantitative estimate of drug-likeness (QED) is 0.657.